The summed E-state index contributed by atoms with van der Waals surface area (Å²) in [5, 5.41) is 9.37. The largest absolute Gasteiger partial charge is 0.444 e. The molecular weight excluding hydrogens is 342 g/mol. The molecule has 3 rings (SSSR count). The molecule has 1 unspecified atom stereocenters. The summed E-state index contributed by atoms with van der Waals surface area (Å²) in [5.74, 6) is 0. The molecule has 0 radical (unpaired) electrons. The maximum Gasteiger partial charge on any atom is 0.410 e. The first-order valence-electron chi connectivity index (χ1n) is 10.1. The molecule has 0 aromatic heterocycles. The van der Waals surface area contributed by atoms with Crippen LogP contribution in [0.3, 0.4) is 0 Å². The molecule has 2 fully saturated rings. The van der Waals surface area contributed by atoms with Gasteiger partial charge in [-0.05, 0) is 64.9 Å². The van der Waals surface area contributed by atoms with Crippen LogP contribution in [0.1, 0.15) is 64.9 Å². The number of amides is 1. The van der Waals surface area contributed by atoms with Crippen LogP contribution in [0, 0.1) is 0 Å². The standard InChI is InChI=1S/C22H33NO4/c1-21(2,3)27-20(25)23(15-17-7-5-4-6-8-17)18-9-12-22(13-10-18)14-11-19(16-24)26-22/h4-8,18-19,24H,9-16H2,1-3H3. The summed E-state index contributed by atoms with van der Waals surface area (Å²) in [6.07, 6.45) is 5.36. The lowest BCUT2D eigenvalue weighted by Crippen LogP contribution is -2.47. The van der Waals surface area contributed by atoms with Crippen molar-refractivity contribution in [1.29, 1.82) is 0 Å². The molecule has 2 aliphatic rings. The number of carbonyl (C=O) groups excluding carboxylic acids is 1. The van der Waals surface area contributed by atoms with Crippen LogP contribution in [0.5, 0.6) is 0 Å². The minimum absolute atomic E-state index is 0.0205. The average molecular weight is 376 g/mol. The van der Waals surface area contributed by atoms with Crippen LogP contribution in [0.25, 0.3) is 0 Å². The number of carbonyl (C=O) groups is 1. The van der Waals surface area contributed by atoms with Crippen molar-refractivity contribution in [1.82, 2.24) is 4.90 Å². The first kappa shape index (κ1) is 20.2. The molecule has 1 saturated heterocycles. The quantitative estimate of drug-likeness (QED) is 0.853. The number of hydrogen-bond donors (Lipinski definition) is 1. The van der Waals surface area contributed by atoms with E-state index < -0.39 is 5.60 Å². The van der Waals surface area contributed by atoms with Gasteiger partial charge in [-0.2, -0.15) is 0 Å². The van der Waals surface area contributed by atoms with E-state index in [0.29, 0.717) is 6.54 Å². The van der Waals surface area contributed by atoms with Gasteiger partial charge in [-0.3, -0.25) is 0 Å². The topological polar surface area (TPSA) is 59.0 Å². The van der Waals surface area contributed by atoms with Gasteiger partial charge < -0.3 is 19.5 Å². The SMILES string of the molecule is CC(C)(C)OC(=O)N(Cc1ccccc1)C1CCC2(CCC(CO)O2)CC1. The number of hydrogen-bond acceptors (Lipinski definition) is 4. The molecule has 1 atom stereocenters. The molecule has 1 aliphatic heterocycles. The molecule has 0 bridgehead atoms. The van der Waals surface area contributed by atoms with Crippen molar-refractivity contribution in [2.24, 2.45) is 0 Å². The Balaban J connectivity index is 1.68. The van der Waals surface area contributed by atoms with Gasteiger partial charge >= 0.3 is 6.09 Å². The Morgan fingerprint density at radius 1 is 1.19 bits per heavy atom. The molecule has 1 amide bonds. The van der Waals surface area contributed by atoms with Crippen molar-refractivity contribution in [3.63, 3.8) is 0 Å². The summed E-state index contributed by atoms with van der Waals surface area (Å²) < 4.78 is 11.8. The van der Waals surface area contributed by atoms with E-state index in [9.17, 15) is 9.90 Å². The Labute approximate surface area is 162 Å². The molecule has 1 N–H and O–H groups in total. The molecule has 1 spiro atoms. The summed E-state index contributed by atoms with van der Waals surface area (Å²) in [7, 11) is 0. The maximum atomic E-state index is 12.9. The second-order valence-electron chi connectivity index (χ2n) is 8.97. The molecule has 27 heavy (non-hydrogen) atoms. The Kier molecular flexibility index (Phi) is 6.11. The second-order valence-corrected chi connectivity index (χ2v) is 8.97. The van der Waals surface area contributed by atoms with Gasteiger partial charge in [-0.25, -0.2) is 4.79 Å². The van der Waals surface area contributed by atoms with Crippen molar-refractivity contribution < 1.29 is 19.4 Å². The van der Waals surface area contributed by atoms with Crippen LogP contribution >= 0.6 is 0 Å². The van der Waals surface area contributed by atoms with E-state index in [1.807, 2.05) is 56.0 Å². The third kappa shape index (κ3) is 5.23. The van der Waals surface area contributed by atoms with Crippen LogP contribution in [0.4, 0.5) is 4.79 Å². The predicted molar refractivity (Wildman–Crippen MR) is 104 cm³/mol. The highest BCUT2D eigenvalue weighted by Gasteiger charge is 2.44. The zero-order valence-corrected chi connectivity index (χ0v) is 16.8. The van der Waals surface area contributed by atoms with Gasteiger partial charge in [0.15, 0.2) is 0 Å². The summed E-state index contributed by atoms with van der Waals surface area (Å²) in [4.78, 5) is 14.8. The number of rotatable bonds is 4. The van der Waals surface area contributed by atoms with Gasteiger partial charge in [0.25, 0.3) is 0 Å². The highest BCUT2D eigenvalue weighted by atomic mass is 16.6. The molecular formula is C22H33NO4. The molecule has 1 aromatic carbocycles. The minimum Gasteiger partial charge on any atom is -0.444 e. The van der Waals surface area contributed by atoms with E-state index >= 15 is 0 Å². The summed E-state index contributed by atoms with van der Waals surface area (Å²) in [5.41, 5.74) is 0.502. The van der Waals surface area contributed by atoms with Gasteiger partial charge in [0.05, 0.1) is 18.3 Å². The van der Waals surface area contributed by atoms with Gasteiger partial charge in [-0.15, -0.1) is 0 Å². The lowest BCUT2D eigenvalue weighted by atomic mass is 9.80. The zero-order chi connectivity index (χ0) is 19.5. The van der Waals surface area contributed by atoms with Crippen LogP contribution in [0.2, 0.25) is 0 Å². The molecule has 1 aromatic rings. The average Bonchev–Trinajstić information content (AvgIpc) is 3.03. The third-order valence-corrected chi connectivity index (χ3v) is 5.67. The second kappa shape index (κ2) is 8.19. The lowest BCUT2D eigenvalue weighted by molar-refractivity contribution is -0.0889. The van der Waals surface area contributed by atoms with Gasteiger partial charge in [-0.1, -0.05) is 30.3 Å². The summed E-state index contributed by atoms with van der Waals surface area (Å²) in [6.45, 7) is 6.38. The molecule has 5 nitrogen and oxygen atoms in total. The van der Waals surface area contributed by atoms with E-state index in [1.165, 1.54) is 0 Å². The number of aliphatic hydroxyl groups excluding tert-OH is 1. The molecule has 5 heteroatoms. The summed E-state index contributed by atoms with van der Waals surface area (Å²) in [6, 6.07) is 10.2. The number of nitrogens with zero attached hydrogens (tertiary/aromatic N) is 1. The Morgan fingerprint density at radius 3 is 2.37 bits per heavy atom. The van der Waals surface area contributed by atoms with Crippen LogP contribution < -0.4 is 0 Å². The maximum absolute atomic E-state index is 12.9. The van der Waals surface area contributed by atoms with E-state index in [0.717, 1.165) is 44.1 Å². The number of ether oxygens (including phenoxy) is 2. The zero-order valence-electron chi connectivity index (χ0n) is 16.8. The van der Waals surface area contributed by atoms with Crippen molar-refractivity contribution in [2.75, 3.05) is 6.61 Å². The molecule has 1 saturated carbocycles. The van der Waals surface area contributed by atoms with E-state index in [1.54, 1.807) is 0 Å². The Bertz CT molecular complexity index is 617. The van der Waals surface area contributed by atoms with E-state index in [-0.39, 0.29) is 30.4 Å². The normalized spacial score (nSPS) is 28.3. The van der Waals surface area contributed by atoms with Gasteiger partial charge in [0, 0.05) is 12.6 Å². The van der Waals surface area contributed by atoms with Crippen LogP contribution in [0.15, 0.2) is 30.3 Å². The number of benzene rings is 1. The van der Waals surface area contributed by atoms with Crippen molar-refractivity contribution in [3.05, 3.63) is 35.9 Å². The van der Waals surface area contributed by atoms with Crippen molar-refractivity contribution >= 4 is 6.09 Å². The monoisotopic (exact) mass is 375 g/mol. The predicted octanol–water partition coefficient (Wildman–Crippen LogP) is 4.28. The molecule has 150 valence electrons. The fourth-order valence-electron chi connectivity index (χ4n) is 4.28. The number of aliphatic hydroxyl groups is 1. The first-order chi connectivity index (χ1) is 12.8. The summed E-state index contributed by atoms with van der Waals surface area (Å²) >= 11 is 0. The van der Waals surface area contributed by atoms with Gasteiger partial charge in [0.1, 0.15) is 5.60 Å². The highest BCUT2D eigenvalue weighted by Crippen LogP contribution is 2.43. The van der Waals surface area contributed by atoms with Gasteiger partial charge in [0.2, 0.25) is 0 Å². The third-order valence-electron chi connectivity index (χ3n) is 5.67. The van der Waals surface area contributed by atoms with E-state index in [4.69, 9.17) is 9.47 Å². The van der Waals surface area contributed by atoms with Crippen molar-refractivity contribution in [3.8, 4) is 0 Å². The van der Waals surface area contributed by atoms with Crippen LogP contribution in [-0.4, -0.2) is 46.1 Å². The fraction of sp³-hybridized carbons (Fsp3) is 0.682. The Morgan fingerprint density at radius 2 is 1.81 bits per heavy atom. The fourth-order valence-corrected chi connectivity index (χ4v) is 4.28. The minimum atomic E-state index is -0.509. The first-order valence-corrected chi connectivity index (χ1v) is 10.1. The van der Waals surface area contributed by atoms with Crippen LogP contribution in [-0.2, 0) is 16.0 Å². The van der Waals surface area contributed by atoms with E-state index in [2.05, 4.69) is 0 Å². The smallest absolute Gasteiger partial charge is 0.410 e. The van der Waals surface area contributed by atoms with Crippen molar-refractivity contribution in [2.45, 2.75) is 89.2 Å². The lowest BCUT2D eigenvalue weighted by Gasteiger charge is -2.41. The Hall–Kier alpha value is -1.59. The molecule has 1 heterocycles. The highest BCUT2D eigenvalue weighted by molar-refractivity contribution is 5.68. The molecule has 1 aliphatic carbocycles.